The maximum Gasteiger partial charge on any atom is 0.208 e. The summed E-state index contributed by atoms with van der Waals surface area (Å²) in [6.07, 6.45) is 8.55. The quantitative estimate of drug-likeness (QED) is 0.861. The number of likely N-dealkylation sites (tertiary alicyclic amines) is 1. The van der Waals surface area contributed by atoms with E-state index in [-0.39, 0.29) is 0 Å². The fourth-order valence-electron chi connectivity index (χ4n) is 4.33. The van der Waals surface area contributed by atoms with Gasteiger partial charge in [-0.15, -0.1) is 0 Å². The summed E-state index contributed by atoms with van der Waals surface area (Å²) >= 11 is 0. The zero-order chi connectivity index (χ0) is 18.1. The van der Waals surface area contributed by atoms with Crippen LogP contribution in [0.3, 0.4) is 0 Å². The molecule has 2 aromatic rings. The molecule has 2 aliphatic rings. The third-order valence-electron chi connectivity index (χ3n) is 5.48. The van der Waals surface area contributed by atoms with Gasteiger partial charge in [0.25, 0.3) is 0 Å². The summed E-state index contributed by atoms with van der Waals surface area (Å²) in [4.78, 5) is 9.32. The largest absolute Gasteiger partial charge is 0.366 e. The van der Waals surface area contributed by atoms with Crippen molar-refractivity contribution in [2.24, 2.45) is 0 Å². The highest BCUT2D eigenvalue weighted by atomic mass is 32.2. The van der Waals surface area contributed by atoms with Crippen molar-refractivity contribution in [3.63, 3.8) is 0 Å². The zero-order valence-electron chi connectivity index (χ0n) is 15.2. The highest BCUT2D eigenvalue weighted by molar-refractivity contribution is 7.88. The van der Waals surface area contributed by atoms with Crippen molar-refractivity contribution in [1.29, 1.82) is 0 Å². The Morgan fingerprint density at radius 3 is 3.00 bits per heavy atom. The van der Waals surface area contributed by atoms with Crippen molar-refractivity contribution in [2.75, 3.05) is 43.9 Å². The summed E-state index contributed by atoms with van der Waals surface area (Å²) in [5, 5.41) is 2.57. The van der Waals surface area contributed by atoms with Crippen LogP contribution in [0.1, 0.15) is 18.4 Å². The first-order chi connectivity index (χ1) is 12.5. The first-order valence-electron chi connectivity index (χ1n) is 9.30. The second-order valence-electron chi connectivity index (χ2n) is 7.38. The summed E-state index contributed by atoms with van der Waals surface area (Å²) in [6.45, 7) is 4.30. The molecule has 1 atom stereocenters. The fraction of sp³-hybridized carbons (Fsp3) is 0.526. The topological polar surface area (TPSA) is 65.5 Å². The summed E-state index contributed by atoms with van der Waals surface area (Å²) in [5.41, 5.74) is 2.67. The number of hydrogen-bond donors (Lipinski definition) is 1. The second-order valence-corrected chi connectivity index (χ2v) is 9.21. The van der Waals surface area contributed by atoms with Gasteiger partial charge in [0.15, 0.2) is 0 Å². The molecule has 0 bridgehead atoms. The van der Waals surface area contributed by atoms with Crippen LogP contribution in [0.25, 0.3) is 10.8 Å². The molecule has 7 heteroatoms. The van der Waals surface area contributed by atoms with Crippen molar-refractivity contribution in [2.45, 2.75) is 25.3 Å². The van der Waals surface area contributed by atoms with Crippen LogP contribution >= 0.6 is 0 Å². The summed E-state index contributed by atoms with van der Waals surface area (Å²) in [5.74, 6) is 0. The number of nitrogens with one attached hydrogen (secondary N) is 1. The molecular weight excluding hydrogens is 348 g/mol. The molecule has 140 valence electrons. The van der Waals surface area contributed by atoms with Crippen LogP contribution in [0.15, 0.2) is 30.6 Å². The molecule has 1 N–H and O–H groups in total. The van der Waals surface area contributed by atoms with Gasteiger partial charge >= 0.3 is 0 Å². The minimum atomic E-state index is -3.11. The Labute approximate surface area is 155 Å². The van der Waals surface area contributed by atoms with Gasteiger partial charge in [-0.2, -0.15) is 0 Å². The molecule has 1 aromatic carbocycles. The maximum atomic E-state index is 11.3. The molecule has 0 aliphatic carbocycles. The van der Waals surface area contributed by atoms with E-state index in [2.05, 4.69) is 37.7 Å². The standard InChI is InChI=1S/C19H26N4O2S/c1-26(24,25)21-8-11-22-9-3-5-17(14-22)23-10-7-16-13-20-12-15-4-2-6-18(23)19(15)16/h2,4,6,12-13,17,21H,3,5,7-11,14H2,1H3. The van der Waals surface area contributed by atoms with Gasteiger partial charge in [0.2, 0.25) is 10.0 Å². The van der Waals surface area contributed by atoms with Gasteiger partial charge in [0, 0.05) is 61.1 Å². The van der Waals surface area contributed by atoms with Crippen molar-refractivity contribution >= 4 is 26.5 Å². The van der Waals surface area contributed by atoms with E-state index in [4.69, 9.17) is 0 Å². The molecule has 2 aliphatic heterocycles. The molecule has 6 nitrogen and oxygen atoms in total. The van der Waals surface area contributed by atoms with E-state index in [9.17, 15) is 8.42 Å². The Morgan fingerprint density at radius 1 is 1.27 bits per heavy atom. The smallest absolute Gasteiger partial charge is 0.208 e. The number of hydrogen-bond acceptors (Lipinski definition) is 5. The van der Waals surface area contributed by atoms with E-state index >= 15 is 0 Å². The third-order valence-corrected chi connectivity index (χ3v) is 6.21. The first-order valence-corrected chi connectivity index (χ1v) is 11.2. The highest BCUT2D eigenvalue weighted by Gasteiger charge is 2.29. The molecule has 26 heavy (non-hydrogen) atoms. The minimum absolute atomic E-state index is 0.480. The Kier molecular flexibility index (Phi) is 4.86. The van der Waals surface area contributed by atoms with Gasteiger partial charge in [-0.1, -0.05) is 12.1 Å². The van der Waals surface area contributed by atoms with Crippen LogP contribution in [0.4, 0.5) is 5.69 Å². The van der Waals surface area contributed by atoms with E-state index in [1.807, 2.05) is 12.4 Å². The molecular formula is C19H26N4O2S. The van der Waals surface area contributed by atoms with Crippen LogP contribution in [0, 0.1) is 0 Å². The molecule has 0 amide bonds. The van der Waals surface area contributed by atoms with Gasteiger partial charge in [0.05, 0.1) is 6.26 Å². The Morgan fingerprint density at radius 2 is 2.15 bits per heavy atom. The van der Waals surface area contributed by atoms with Gasteiger partial charge in [-0.3, -0.25) is 9.88 Å². The highest BCUT2D eigenvalue weighted by Crippen LogP contribution is 2.35. The Bertz CT molecular complexity index is 894. The van der Waals surface area contributed by atoms with E-state index in [1.165, 1.54) is 34.7 Å². The average Bonchev–Trinajstić information content (AvgIpc) is 2.62. The lowest BCUT2D eigenvalue weighted by atomic mass is 9.95. The van der Waals surface area contributed by atoms with Crippen molar-refractivity contribution in [3.8, 4) is 0 Å². The zero-order valence-corrected chi connectivity index (χ0v) is 16.0. The van der Waals surface area contributed by atoms with Crippen molar-refractivity contribution in [3.05, 3.63) is 36.2 Å². The molecule has 1 fully saturated rings. The Hall–Kier alpha value is -1.70. The Balaban J connectivity index is 1.50. The van der Waals surface area contributed by atoms with Crippen LogP contribution in [-0.4, -0.2) is 63.3 Å². The van der Waals surface area contributed by atoms with Gasteiger partial charge in [0.1, 0.15) is 0 Å². The molecule has 1 unspecified atom stereocenters. The predicted octanol–water partition coefficient (Wildman–Crippen LogP) is 1.61. The average molecular weight is 375 g/mol. The molecule has 3 heterocycles. The molecule has 0 spiro atoms. The van der Waals surface area contributed by atoms with Crippen LogP contribution < -0.4 is 9.62 Å². The third kappa shape index (κ3) is 3.70. The van der Waals surface area contributed by atoms with Crippen molar-refractivity contribution < 1.29 is 8.42 Å². The van der Waals surface area contributed by atoms with E-state index in [0.29, 0.717) is 12.6 Å². The first kappa shape index (κ1) is 17.7. The minimum Gasteiger partial charge on any atom is -0.366 e. The number of benzene rings is 1. The number of anilines is 1. The predicted molar refractivity (Wildman–Crippen MR) is 105 cm³/mol. The summed E-state index contributed by atoms with van der Waals surface area (Å²) < 4.78 is 25.1. The van der Waals surface area contributed by atoms with E-state index in [1.54, 1.807) is 0 Å². The van der Waals surface area contributed by atoms with Gasteiger partial charge in [-0.25, -0.2) is 13.1 Å². The van der Waals surface area contributed by atoms with Crippen LogP contribution in [0.2, 0.25) is 0 Å². The number of piperidine rings is 1. The SMILES string of the molecule is CS(=O)(=O)NCCN1CCCC(N2CCc3cncc4cccc2c34)C1. The molecule has 1 saturated heterocycles. The van der Waals surface area contributed by atoms with E-state index in [0.717, 1.165) is 39.0 Å². The van der Waals surface area contributed by atoms with Crippen LogP contribution in [0.5, 0.6) is 0 Å². The van der Waals surface area contributed by atoms with Crippen LogP contribution in [-0.2, 0) is 16.4 Å². The van der Waals surface area contributed by atoms with Crippen molar-refractivity contribution in [1.82, 2.24) is 14.6 Å². The fourth-order valence-corrected chi connectivity index (χ4v) is 4.80. The maximum absolute atomic E-state index is 11.3. The summed E-state index contributed by atoms with van der Waals surface area (Å²) in [7, 11) is -3.11. The lowest BCUT2D eigenvalue weighted by Gasteiger charge is -2.43. The van der Waals surface area contributed by atoms with E-state index < -0.39 is 10.0 Å². The summed E-state index contributed by atoms with van der Waals surface area (Å²) in [6, 6.07) is 6.98. The van der Waals surface area contributed by atoms with Gasteiger partial charge < -0.3 is 4.90 Å². The normalized spacial score (nSPS) is 21.3. The lowest BCUT2D eigenvalue weighted by molar-refractivity contribution is 0.207. The number of sulfonamides is 1. The molecule has 4 rings (SSSR count). The number of pyridine rings is 1. The molecule has 1 aromatic heterocycles. The lowest BCUT2D eigenvalue weighted by Crippen LogP contribution is -2.50. The molecule has 0 radical (unpaired) electrons. The number of aromatic nitrogens is 1. The second kappa shape index (κ2) is 7.13. The number of rotatable bonds is 5. The monoisotopic (exact) mass is 374 g/mol. The molecule has 0 saturated carbocycles. The van der Waals surface area contributed by atoms with Gasteiger partial charge in [-0.05, 0) is 37.4 Å². The number of nitrogens with zero attached hydrogens (tertiary/aromatic N) is 3.